The Kier molecular flexibility index (Phi) is 4.02. The van der Waals surface area contributed by atoms with Crippen molar-refractivity contribution in [2.24, 2.45) is 11.8 Å². The summed E-state index contributed by atoms with van der Waals surface area (Å²) in [6.07, 6.45) is 0.518. The molecule has 6 nitrogen and oxygen atoms in total. The van der Waals surface area contributed by atoms with Crippen molar-refractivity contribution < 1.29 is 23.9 Å². The highest BCUT2D eigenvalue weighted by molar-refractivity contribution is 5.95. The summed E-state index contributed by atoms with van der Waals surface area (Å²) in [7, 11) is 0. The Morgan fingerprint density at radius 2 is 2.09 bits per heavy atom. The number of nitrogens with one attached hydrogen (secondary N) is 1. The normalized spacial score (nSPS) is 24.9. The van der Waals surface area contributed by atoms with Crippen LogP contribution in [0.3, 0.4) is 0 Å². The quantitative estimate of drug-likeness (QED) is 0.860. The number of hydrogen-bond acceptors (Lipinski definition) is 3. The molecular formula is C16H17FN2O4. The van der Waals surface area contributed by atoms with Gasteiger partial charge in [0.15, 0.2) is 0 Å². The predicted octanol–water partition coefficient (Wildman–Crippen LogP) is 1.48. The zero-order valence-electron chi connectivity index (χ0n) is 12.4. The lowest BCUT2D eigenvalue weighted by Crippen LogP contribution is -2.47. The summed E-state index contributed by atoms with van der Waals surface area (Å²) < 4.78 is 13.1. The van der Waals surface area contributed by atoms with Crippen LogP contribution >= 0.6 is 0 Å². The molecule has 23 heavy (non-hydrogen) atoms. The van der Waals surface area contributed by atoms with E-state index in [-0.39, 0.29) is 42.5 Å². The third-order valence-corrected chi connectivity index (χ3v) is 4.57. The molecule has 4 rings (SSSR count). The van der Waals surface area contributed by atoms with Gasteiger partial charge < -0.3 is 15.3 Å². The van der Waals surface area contributed by atoms with Gasteiger partial charge in [-0.1, -0.05) is 6.07 Å². The van der Waals surface area contributed by atoms with Gasteiger partial charge in [0.25, 0.3) is 0 Å². The Hall–Kier alpha value is -2.44. The number of rotatable bonds is 5. The van der Waals surface area contributed by atoms with Crippen LogP contribution in [0.5, 0.6) is 0 Å². The molecule has 2 amide bonds. The van der Waals surface area contributed by atoms with Crippen LogP contribution in [0.4, 0.5) is 10.1 Å². The lowest BCUT2D eigenvalue weighted by atomic mass is 9.73. The minimum absolute atomic E-state index is 0.0449. The minimum Gasteiger partial charge on any atom is -0.481 e. The lowest BCUT2D eigenvalue weighted by Gasteiger charge is -2.35. The molecule has 1 saturated carbocycles. The second kappa shape index (κ2) is 5.98. The van der Waals surface area contributed by atoms with Crippen molar-refractivity contribution in [3.05, 3.63) is 30.1 Å². The number of carboxylic acid groups (broad SMARTS) is 1. The third-order valence-electron chi connectivity index (χ3n) is 4.57. The van der Waals surface area contributed by atoms with Gasteiger partial charge >= 0.3 is 5.97 Å². The summed E-state index contributed by atoms with van der Waals surface area (Å²) >= 11 is 0. The first-order valence-electron chi connectivity index (χ1n) is 7.53. The van der Waals surface area contributed by atoms with Crippen LogP contribution in [-0.4, -0.2) is 40.4 Å². The van der Waals surface area contributed by atoms with Crippen molar-refractivity contribution in [2.75, 3.05) is 11.9 Å². The van der Waals surface area contributed by atoms with Crippen molar-refractivity contribution in [3.8, 4) is 0 Å². The molecule has 1 aromatic carbocycles. The number of anilines is 1. The molecule has 0 radical (unpaired) electrons. The molecule has 1 aromatic rings. The molecule has 122 valence electrons. The monoisotopic (exact) mass is 320 g/mol. The van der Waals surface area contributed by atoms with Gasteiger partial charge in [-0.2, -0.15) is 0 Å². The zero-order chi connectivity index (χ0) is 16.6. The summed E-state index contributed by atoms with van der Waals surface area (Å²) in [6, 6.07) is 5.49. The van der Waals surface area contributed by atoms with Crippen LogP contribution in [0, 0.1) is 17.7 Å². The van der Waals surface area contributed by atoms with E-state index in [1.54, 1.807) is 11.0 Å². The zero-order valence-corrected chi connectivity index (χ0v) is 12.4. The maximum Gasteiger partial charge on any atom is 0.303 e. The van der Waals surface area contributed by atoms with E-state index < -0.39 is 11.8 Å². The largest absolute Gasteiger partial charge is 0.481 e. The molecule has 0 aromatic heterocycles. The highest BCUT2D eigenvalue weighted by atomic mass is 19.1. The van der Waals surface area contributed by atoms with Crippen molar-refractivity contribution in [1.82, 2.24) is 4.90 Å². The van der Waals surface area contributed by atoms with Crippen molar-refractivity contribution >= 4 is 23.5 Å². The number of aliphatic carboxylic acids is 1. The van der Waals surface area contributed by atoms with Crippen molar-refractivity contribution in [3.63, 3.8) is 0 Å². The first-order chi connectivity index (χ1) is 11.0. The third kappa shape index (κ3) is 3.04. The Balaban J connectivity index is 1.59. The van der Waals surface area contributed by atoms with Gasteiger partial charge in [0.05, 0.1) is 12.3 Å². The fourth-order valence-electron chi connectivity index (χ4n) is 3.44. The van der Waals surface area contributed by atoms with E-state index in [1.165, 1.54) is 18.2 Å². The number of carboxylic acids is 1. The number of nitrogens with zero attached hydrogens (tertiary/aromatic N) is 1. The molecule has 7 heteroatoms. The maximum atomic E-state index is 13.1. The van der Waals surface area contributed by atoms with Gasteiger partial charge in [-0.25, -0.2) is 4.39 Å². The second-order valence-electron chi connectivity index (χ2n) is 6.03. The first kappa shape index (κ1) is 15.5. The number of hydrogen-bond donors (Lipinski definition) is 2. The lowest BCUT2D eigenvalue weighted by molar-refractivity contribution is -0.141. The van der Waals surface area contributed by atoms with E-state index >= 15 is 0 Å². The molecule has 2 bridgehead atoms. The van der Waals surface area contributed by atoms with Gasteiger partial charge in [-0.15, -0.1) is 0 Å². The topological polar surface area (TPSA) is 86.7 Å². The van der Waals surface area contributed by atoms with E-state index in [2.05, 4.69) is 5.32 Å². The number of benzene rings is 1. The molecule has 2 N–H and O–H groups in total. The van der Waals surface area contributed by atoms with Crippen molar-refractivity contribution in [2.45, 2.75) is 25.3 Å². The second-order valence-corrected chi connectivity index (χ2v) is 6.03. The summed E-state index contributed by atoms with van der Waals surface area (Å²) in [5.74, 6) is -2.07. The van der Waals surface area contributed by atoms with Crippen LogP contribution in [0.2, 0.25) is 0 Å². The predicted molar refractivity (Wildman–Crippen MR) is 79.0 cm³/mol. The van der Waals surface area contributed by atoms with Crippen LogP contribution in [-0.2, 0) is 14.4 Å². The molecule has 3 atom stereocenters. The molecule has 2 aliphatic heterocycles. The van der Waals surface area contributed by atoms with E-state index in [1.807, 2.05) is 0 Å². The first-order valence-corrected chi connectivity index (χ1v) is 7.53. The standard InChI is InChI=1S/C16H17FN2O4/c17-10-2-1-3-11(7-10)18-16(23)15-9-6-12(15)19(8-9)13(20)4-5-14(21)22/h1-3,7,9,12,15H,4-6,8H2,(H,18,23)(H,21,22). The molecule has 1 aliphatic carbocycles. The van der Waals surface area contributed by atoms with Gasteiger partial charge in [0, 0.05) is 24.7 Å². The number of fused-ring (bicyclic) bond motifs is 1. The number of carbonyl (C=O) groups excluding carboxylic acids is 2. The summed E-state index contributed by atoms with van der Waals surface area (Å²) in [5.41, 5.74) is 0.394. The van der Waals surface area contributed by atoms with Gasteiger partial charge in [-0.3, -0.25) is 14.4 Å². The van der Waals surface area contributed by atoms with Gasteiger partial charge in [0.2, 0.25) is 11.8 Å². The summed E-state index contributed by atoms with van der Waals surface area (Å²) in [4.78, 5) is 36.5. The van der Waals surface area contributed by atoms with E-state index in [0.717, 1.165) is 6.42 Å². The number of amides is 2. The van der Waals surface area contributed by atoms with Gasteiger partial charge in [-0.05, 0) is 30.5 Å². The van der Waals surface area contributed by atoms with Crippen LogP contribution < -0.4 is 5.32 Å². The average Bonchev–Trinajstić information content (AvgIpc) is 3.04. The van der Waals surface area contributed by atoms with Crippen molar-refractivity contribution in [1.29, 1.82) is 0 Å². The smallest absolute Gasteiger partial charge is 0.303 e. The number of halogens is 1. The highest BCUT2D eigenvalue weighted by Crippen LogP contribution is 2.47. The molecule has 3 fully saturated rings. The fourth-order valence-corrected chi connectivity index (χ4v) is 3.44. The Bertz CT molecular complexity index is 663. The Labute approximate surface area is 132 Å². The summed E-state index contributed by atoms with van der Waals surface area (Å²) in [6.45, 7) is 0.490. The van der Waals surface area contributed by atoms with E-state index in [0.29, 0.717) is 12.2 Å². The average molecular weight is 320 g/mol. The molecule has 2 heterocycles. The summed E-state index contributed by atoms with van der Waals surface area (Å²) in [5, 5.41) is 11.3. The molecule has 2 saturated heterocycles. The van der Waals surface area contributed by atoms with E-state index in [9.17, 15) is 18.8 Å². The molecule has 0 spiro atoms. The Morgan fingerprint density at radius 3 is 2.78 bits per heavy atom. The Morgan fingerprint density at radius 1 is 1.30 bits per heavy atom. The number of carbonyl (C=O) groups is 3. The SMILES string of the molecule is O=C(O)CCC(=O)N1CC2CC1C2C(=O)Nc1cccc(F)c1. The highest BCUT2D eigenvalue weighted by Gasteiger charge is 2.56. The van der Waals surface area contributed by atoms with E-state index in [4.69, 9.17) is 5.11 Å². The maximum absolute atomic E-state index is 13.1. The van der Waals surface area contributed by atoms with Crippen LogP contribution in [0.15, 0.2) is 24.3 Å². The van der Waals surface area contributed by atoms with Crippen LogP contribution in [0.1, 0.15) is 19.3 Å². The molecule has 3 unspecified atom stereocenters. The van der Waals surface area contributed by atoms with Crippen LogP contribution in [0.25, 0.3) is 0 Å². The molecule has 3 aliphatic rings. The molecular weight excluding hydrogens is 303 g/mol. The minimum atomic E-state index is -1.01. The fraction of sp³-hybridized carbons (Fsp3) is 0.438. The van der Waals surface area contributed by atoms with Gasteiger partial charge in [0.1, 0.15) is 5.82 Å².